The first kappa shape index (κ1) is 10.8. The van der Waals surface area contributed by atoms with Crippen LogP contribution in [0.5, 0.6) is 0 Å². The van der Waals surface area contributed by atoms with Crippen molar-refractivity contribution in [3.05, 3.63) is 39.1 Å². The summed E-state index contributed by atoms with van der Waals surface area (Å²) in [6, 6.07) is 8.09. The van der Waals surface area contributed by atoms with Gasteiger partial charge in [0.1, 0.15) is 5.01 Å². The quantitative estimate of drug-likeness (QED) is 0.672. The SMILES string of the molecule is NNCc1nc(-c2cccc(Br)c2)cs1. The summed E-state index contributed by atoms with van der Waals surface area (Å²) < 4.78 is 1.06. The molecule has 0 spiro atoms. The molecule has 1 aromatic heterocycles. The highest BCUT2D eigenvalue weighted by molar-refractivity contribution is 9.10. The van der Waals surface area contributed by atoms with Crippen LogP contribution in [0.3, 0.4) is 0 Å². The monoisotopic (exact) mass is 283 g/mol. The molecule has 0 saturated carbocycles. The van der Waals surface area contributed by atoms with Gasteiger partial charge in [0, 0.05) is 15.4 Å². The van der Waals surface area contributed by atoms with Crippen molar-refractivity contribution in [3.8, 4) is 11.3 Å². The largest absolute Gasteiger partial charge is 0.271 e. The van der Waals surface area contributed by atoms with Crippen molar-refractivity contribution < 1.29 is 0 Å². The van der Waals surface area contributed by atoms with Crippen molar-refractivity contribution in [3.63, 3.8) is 0 Å². The molecule has 78 valence electrons. The molecule has 0 bridgehead atoms. The first-order chi connectivity index (χ1) is 7.29. The number of halogens is 1. The van der Waals surface area contributed by atoms with E-state index in [0.29, 0.717) is 6.54 Å². The lowest BCUT2D eigenvalue weighted by molar-refractivity contribution is 0.737. The Morgan fingerprint density at radius 3 is 3.07 bits per heavy atom. The Bertz CT molecular complexity index is 455. The maximum Gasteiger partial charge on any atom is 0.108 e. The molecule has 0 atom stereocenters. The lowest BCUT2D eigenvalue weighted by Gasteiger charge is -1.97. The zero-order chi connectivity index (χ0) is 10.7. The first-order valence-corrected chi connectivity index (χ1v) is 6.10. The predicted molar refractivity (Wildman–Crippen MR) is 66.3 cm³/mol. The van der Waals surface area contributed by atoms with Gasteiger partial charge in [0.2, 0.25) is 0 Å². The molecular formula is C10H10BrN3S. The fourth-order valence-corrected chi connectivity index (χ4v) is 2.41. The minimum Gasteiger partial charge on any atom is -0.271 e. The minimum absolute atomic E-state index is 0.610. The van der Waals surface area contributed by atoms with Gasteiger partial charge in [0.05, 0.1) is 12.2 Å². The normalized spacial score (nSPS) is 10.5. The number of hydrazine groups is 1. The van der Waals surface area contributed by atoms with Crippen molar-refractivity contribution in [1.29, 1.82) is 0 Å². The van der Waals surface area contributed by atoms with Crippen molar-refractivity contribution in [2.75, 3.05) is 0 Å². The predicted octanol–water partition coefficient (Wildman–Crippen LogP) is 2.54. The second kappa shape index (κ2) is 4.85. The van der Waals surface area contributed by atoms with Gasteiger partial charge in [-0.05, 0) is 12.1 Å². The summed E-state index contributed by atoms with van der Waals surface area (Å²) in [7, 11) is 0. The summed E-state index contributed by atoms with van der Waals surface area (Å²) in [6.45, 7) is 0.610. The highest BCUT2D eigenvalue weighted by Crippen LogP contribution is 2.24. The van der Waals surface area contributed by atoms with Crippen molar-refractivity contribution in [2.45, 2.75) is 6.54 Å². The number of aromatic nitrogens is 1. The van der Waals surface area contributed by atoms with E-state index >= 15 is 0 Å². The molecule has 0 aliphatic rings. The van der Waals surface area contributed by atoms with Gasteiger partial charge < -0.3 is 0 Å². The van der Waals surface area contributed by atoms with Crippen LogP contribution in [0.2, 0.25) is 0 Å². The Labute approximate surface area is 100 Å². The average molecular weight is 284 g/mol. The number of thiazole rings is 1. The summed E-state index contributed by atoms with van der Waals surface area (Å²) in [6.07, 6.45) is 0. The van der Waals surface area contributed by atoms with E-state index in [1.807, 2.05) is 23.6 Å². The Morgan fingerprint density at radius 2 is 2.33 bits per heavy atom. The molecule has 0 saturated heterocycles. The fraction of sp³-hybridized carbons (Fsp3) is 0.100. The minimum atomic E-state index is 0.610. The Morgan fingerprint density at radius 1 is 1.47 bits per heavy atom. The summed E-state index contributed by atoms with van der Waals surface area (Å²) in [5.41, 5.74) is 4.71. The van der Waals surface area contributed by atoms with Gasteiger partial charge in [-0.15, -0.1) is 11.3 Å². The zero-order valence-corrected chi connectivity index (χ0v) is 10.3. The number of nitrogens with zero attached hydrogens (tertiary/aromatic N) is 1. The van der Waals surface area contributed by atoms with Gasteiger partial charge in [0.15, 0.2) is 0 Å². The second-order valence-electron chi connectivity index (χ2n) is 3.02. The van der Waals surface area contributed by atoms with E-state index in [-0.39, 0.29) is 0 Å². The van der Waals surface area contributed by atoms with Gasteiger partial charge in [-0.3, -0.25) is 11.3 Å². The van der Waals surface area contributed by atoms with Crippen LogP contribution in [-0.4, -0.2) is 4.98 Å². The number of hydrogen-bond donors (Lipinski definition) is 2. The molecule has 3 N–H and O–H groups in total. The molecule has 0 aliphatic carbocycles. The lowest BCUT2D eigenvalue weighted by Crippen LogP contribution is -2.20. The number of benzene rings is 1. The fourth-order valence-electron chi connectivity index (χ4n) is 1.26. The molecule has 0 fully saturated rings. The third-order valence-corrected chi connectivity index (χ3v) is 3.27. The van der Waals surface area contributed by atoms with Crippen molar-refractivity contribution in [2.24, 2.45) is 5.84 Å². The van der Waals surface area contributed by atoms with Crippen LogP contribution in [0.4, 0.5) is 0 Å². The van der Waals surface area contributed by atoms with Gasteiger partial charge in [-0.2, -0.15) is 0 Å². The summed E-state index contributed by atoms with van der Waals surface area (Å²) in [5, 5.41) is 3.03. The van der Waals surface area contributed by atoms with Crippen LogP contribution in [-0.2, 0) is 6.54 Å². The molecular weight excluding hydrogens is 274 g/mol. The van der Waals surface area contributed by atoms with Crippen LogP contribution in [0, 0.1) is 0 Å². The zero-order valence-electron chi connectivity index (χ0n) is 7.90. The molecule has 0 aliphatic heterocycles. The van der Waals surface area contributed by atoms with E-state index in [1.165, 1.54) is 0 Å². The average Bonchev–Trinajstić information content (AvgIpc) is 2.67. The molecule has 0 unspecified atom stereocenters. The topological polar surface area (TPSA) is 50.9 Å². The van der Waals surface area contributed by atoms with E-state index < -0.39 is 0 Å². The molecule has 1 heterocycles. The highest BCUT2D eigenvalue weighted by Gasteiger charge is 2.03. The Kier molecular flexibility index (Phi) is 3.48. The summed E-state index contributed by atoms with van der Waals surface area (Å²) >= 11 is 5.05. The molecule has 0 amide bonds. The van der Waals surface area contributed by atoms with Gasteiger partial charge in [-0.1, -0.05) is 28.1 Å². The molecule has 0 radical (unpaired) electrons. The molecule has 3 nitrogen and oxygen atoms in total. The van der Waals surface area contributed by atoms with E-state index in [2.05, 4.69) is 32.4 Å². The third kappa shape index (κ3) is 2.63. The molecule has 2 rings (SSSR count). The third-order valence-electron chi connectivity index (χ3n) is 1.93. The van der Waals surface area contributed by atoms with Gasteiger partial charge >= 0.3 is 0 Å². The van der Waals surface area contributed by atoms with Crippen molar-refractivity contribution >= 4 is 27.3 Å². The van der Waals surface area contributed by atoms with Crippen LogP contribution in [0.1, 0.15) is 5.01 Å². The van der Waals surface area contributed by atoms with Gasteiger partial charge in [0.25, 0.3) is 0 Å². The molecule has 1 aromatic carbocycles. The van der Waals surface area contributed by atoms with Crippen LogP contribution in [0.15, 0.2) is 34.1 Å². The number of hydrogen-bond acceptors (Lipinski definition) is 4. The van der Waals surface area contributed by atoms with E-state index in [4.69, 9.17) is 5.84 Å². The molecule has 5 heteroatoms. The molecule has 2 aromatic rings. The lowest BCUT2D eigenvalue weighted by atomic mass is 10.2. The second-order valence-corrected chi connectivity index (χ2v) is 4.88. The van der Waals surface area contributed by atoms with Crippen LogP contribution in [0.25, 0.3) is 11.3 Å². The Hall–Kier alpha value is -0.750. The van der Waals surface area contributed by atoms with Crippen LogP contribution >= 0.6 is 27.3 Å². The van der Waals surface area contributed by atoms with E-state index in [9.17, 15) is 0 Å². The van der Waals surface area contributed by atoms with Gasteiger partial charge in [-0.25, -0.2) is 4.98 Å². The first-order valence-electron chi connectivity index (χ1n) is 4.43. The number of nitrogens with two attached hydrogens (primary N) is 1. The highest BCUT2D eigenvalue weighted by atomic mass is 79.9. The summed E-state index contributed by atoms with van der Waals surface area (Å²) in [5.74, 6) is 5.24. The maximum absolute atomic E-state index is 5.24. The molecule has 15 heavy (non-hydrogen) atoms. The standard InChI is InChI=1S/C10H10BrN3S/c11-8-3-1-2-7(4-8)9-6-15-10(14-9)5-13-12/h1-4,6,13H,5,12H2. The summed E-state index contributed by atoms with van der Waals surface area (Å²) in [4.78, 5) is 4.47. The smallest absolute Gasteiger partial charge is 0.108 e. The van der Waals surface area contributed by atoms with E-state index in [0.717, 1.165) is 20.7 Å². The number of rotatable bonds is 3. The number of nitrogens with one attached hydrogen (secondary N) is 1. The Balaban J connectivity index is 2.29. The van der Waals surface area contributed by atoms with E-state index in [1.54, 1.807) is 11.3 Å². The maximum atomic E-state index is 5.24. The van der Waals surface area contributed by atoms with Crippen molar-refractivity contribution in [1.82, 2.24) is 10.4 Å². The van der Waals surface area contributed by atoms with Crippen LogP contribution < -0.4 is 11.3 Å².